The van der Waals surface area contributed by atoms with Crippen LogP contribution in [0, 0.1) is 11.8 Å². The molecule has 0 spiro atoms. The molecule has 0 aliphatic heterocycles. The van der Waals surface area contributed by atoms with Gasteiger partial charge in [0.15, 0.2) is 0 Å². The van der Waals surface area contributed by atoms with Crippen LogP contribution in [0.5, 0.6) is 0 Å². The highest BCUT2D eigenvalue weighted by molar-refractivity contribution is 6.09. The van der Waals surface area contributed by atoms with Gasteiger partial charge >= 0.3 is 0 Å². The largest absolute Gasteiger partial charge is 0.384 e. The van der Waals surface area contributed by atoms with E-state index < -0.39 is 0 Å². The summed E-state index contributed by atoms with van der Waals surface area (Å²) >= 11 is 0. The van der Waals surface area contributed by atoms with Crippen molar-refractivity contribution in [2.24, 2.45) is 0 Å². The third kappa shape index (κ3) is 1.73. The van der Waals surface area contributed by atoms with Crippen LogP contribution < -0.4 is 0 Å². The average molecular weight is 232 g/mol. The van der Waals surface area contributed by atoms with E-state index in [1.165, 1.54) is 16.2 Å². The molecule has 0 aliphatic rings. The van der Waals surface area contributed by atoms with Gasteiger partial charge in [0.1, 0.15) is 6.61 Å². The summed E-state index contributed by atoms with van der Waals surface area (Å²) in [7, 11) is 0. The van der Waals surface area contributed by atoms with E-state index in [0.29, 0.717) is 0 Å². The van der Waals surface area contributed by atoms with E-state index in [-0.39, 0.29) is 6.61 Å². The van der Waals surface area contributed by atoms with Crippen molar-refractivity contribution in [3.63, 3.8) is 0 Å². The Labute approximate surface area is 106 Å². The Morgan fingerprint density at radius 1 is 0.833 bits per heavy atom. The first-order valence-electron chi connectivity index (χ1n) is 5.90. The summed E-state index contributed by atoms with van der Waals surface area (Å²) in [6.45, 7) is -0.110. The lowest BCUT2D eigenvalue weighted by Gasteiger charge is -2.06. The predicted molar refractivity (Wildman–Crippen MR) is 75.4 cm³/mol. The number of hydrogen-bond acceptors (Lipinski definition) is 1. The molecule has 0 aliphatic carbocycles. The molecule has 0 saturated carbocycles. The second-order valence-corrected chi connectivity index (χ2v) is 4.15. The molecule has 3 aromatic rings. The molecule has 0 fully saturated rings. The number of hydrogen-bond donors (Lipinski definition) is 1. The molecule has 1 heteroatoms. The summed E-state index contributed by atoms with van der Waals surface area (Å²) in [5.74, 6) is 5.76. The lowest BCUT2D eigenvalue weighted by Crippen LogP contribution is -1.84. The van der Waals surface area contributed by atoms with Crippen LogP contribution in [0.15, 0.2) is 54.6 Å². The van der Waals surface area contributed by atoms with Crippen LogP contribution in [0.3, 0.4) is 0 Å². The van der Waals surface area contributed by atoms with Gasteiger partial charge in [-0.25, -0.2) is 0 Å². The van der Waals surface area contributed by atoms with E-state index in [9.17, 15) is 0 Å². The first-order valence-corrected chi connectivity index (χ1v) is 5.90. The summed E-state index contributed by atoms with van der Waals surface area (Å²) < 4.78 is 0. The maximum absolute atomic E-state index is 8.84. The SMILES string of the molecule is OCC#Cc1cc2ccccc2c2ccccc12. The zero-order chi connectivity index (χ0) is 12.4. The maximum atomic E-state index is 8.84. The molecule has 0 aromatic heterocycles. The molecule has 1 nitrogen and oxygen atoms in total. The Kier molecular flexibility index (Phi) is 2.72. The third-order valence-corrected chi connectivity index (χ3v) is 3.07. The van der Waals surface area contributed by atoms with Crippen LogP contribution in [-0.2, 0) is 0 Å². The molecular weight excluding hydrogens is 220 g/mol. The highest BCUT2D eigenvalue weighted by atomic mass is 16.2. The number of rotatable bonds is 0. The lowest BCUT2D eigenvalue weighted by molar-refractivity contribution is 0.350. The van der Waals surface area contributed by atoms with E-state index in [1.807, 2.05) is 24.3 Å². The van der Waals surface area contributed by atoms with Crippen LogP contribution in [0.1, 0.15) is 5.56 Å². The smallest absolute Gasteiger partial charge is 0.104 e. The summed E-state index contributed by atoms with van der Waals surface area (Å²) in [6.07, 6.45) is 0. The second-order valence-electron chi connectivity index (χ2n) is 4.15. The van der Waals surface area contributed by atoms with Crippen molar-refractivity contribution in [1.82, 2.24) is 0 Å². The number of benzene rings is 3. The van der Waals surface area contributed by atoms with Gasteiger partial charge < -0.3 is 5.11 Å². The van der Waals surface area contributed by atoms with E-state index in [1.54, 1.807) is 0 Å². The number of aliphatic hydroxyl groups excluding tert-OH is 1. The Balaban J connectivity index is 2.46. The molecule has 0 unspecified atom stereocenters. The molecular formula is C17H12O. The zero-order valence-electron chi connectivity index (χ0n) is 9.85. The van der Waals surface area contributed by atoms with Gasteiger partial charge in [-0.2, -0.15) is 0 Å². The highest BCUT2D eigenvalue weighted by Gasteiger charge is 2.03. The Bertz CT molecular complexity index is 776. The van der Waals surface area contributed by atoms with E-state index >= 15 is 0 Å². The number of fused-ring (bicyclic) bond motifs is 3. The Hall–Kier alpha value is -2.30. The van der Waals surface area contributed by atoms with Crippen molar-refractivity contribution in [1.29, 1.82) is 0 Å². The van der Waals surface area contributed by atoms with Gasteiger partial charge in [-0.3, -0.25) is 0 Å². The van der Waals surface area contributed by atoms with Crippen LogP contribution in [-0.4, -0.2) is 11.7 Å². The molecule has 0 saturated heterocycles. The normalized spacial score (nSPS) is 10.3. The lowest BCUT2D eigenvalue weighted by atomic mass is 9.97. The third-order valence-electron chi connectivity index (χ3n) is 3.07. The van der Waals surface area contributed by atoms with Crippen LogP contribution in [0.4, 0.5) is 0 Å². The quantitative estimate of drug-likeness (QED) is 0.465. The van der Waals surface area contributed by atoms with Gasteiger partial charge in [0.25, 0.3) is 0 Å². The standard InChI is InChI=1S/C17H12O/c18-11-5-7-14-12-13-6-1-2-8-15(13)17-10-4-3-9-16(14)17/h1-4,6,8-10,12,18H,11H2. The summed E-state index contributed by atoms with van der Waals surface area (Å²) in [5, 5.41) is 13.6. The molecule has 0 radical (unpaired) electrons. The van der Waals surface area contributed by atoms with Gasteiger partial charge in [0.2, 0.25) is 0 Å². The predicted octanol–water partition coefficient (Wildman–Crippen LogP) is 3.34. The molecule has 3 rings (SSSR count). The molecule has 1 N–H and O–H groups in total. The molecule has 0 heterocycles. The topological polar surface area (TPSA) is 20.2 Å². The molecule has 86 valence electrons. The van der Waals surface area contributed by atoms with E-state index in [0.717, 1.165) is 10.9 Å². The van der Waals surface area contributed by atoms with Crippen molar-refractivity contribution < 1.29 is 5.11 Å². The van der Waals surface area contributed by atoms with Gasteiger partial charge in [0.05, 0.1) is 0 Å². The van der Waals surface area contributed by atoms with Gasteiger partial charge in [-0.15, -0.1) is 0 Å². The fourth-order valence-electron chi connectivity index (χ4n) is 2.29. The Morgan fingerprint density at radius 2 is 1.50 bits per heavy atom. The maximum Gasteiger partial charge on any atom is 0.104 e. The van der Waals surface area contributed by atoms with Crippen LogP contribution in [0.25, 0.3) is 21.5 Å². The van der Waals surface area contributed by atoms with Crippen LogP contribution in [0.2, 0.25) is 0 Å². The van der Waals surface area contributed by atoms with Gasteiger partial charge in [0, 0.05) is 5.56 Å². The van der Waals surface area contributed by atoms with Crippen molar-refractivity contribution in [2.45, 2.75) is 0 Å². The fourth-order valence-corrected chi connectivity index (χ4v) is 2.29. The molecule has 0 bridgehead atoms. The first-order chi connectivity index (χ1) is 8.90. The monoisotopic (exact) mass is 232 g/mol. The molecule has 0 atom stereocenters. The van der Waals surface area contributed by atoms with Crippen LogP contribution >= 0.6 is 0 Å². The summed E-state index contributed by atoms with van der Waals surface area (Å²) in [5.41, 5.74) is 0.971. The summed E-state index contributed by atoms with van der Waals surface area (Å²) in [6, 6.07) is 18.6. The summed E-state index contributed by atoms with van der Waals surface area (Å²) in [4.78, 5) is 0. The van der Waals surface area contributed by atoms with Crippen molar-refractivity contribution in [3.05, 3.63) is 60.2 Å². The minimum absolute atomic E-state index is 0.110. The highest BCUT2D eigenvalue weighted by Crippen LogP contribution is 2.28. The van der Waals surface area contributed by atoms with Crippen molar-refractivity contribution >= 4 is 21.5 Å². The average Bonchev–Trinajstić information content (AvgIpc) is 2.45. The van der Waals surface area contributed by atoms with E-state index in [2.05, 4.69) is 42.2 Å². The minimum Gasteiger partial charge on any atom is -0.384 e. The van der Waals surface area contributed by atoms with Gasteiger partial charge in [-0.05, 0) is 27.6 Å². The van der Waals surface area contributed by atoms with Gasteiger partial charge in [-0.1, -0.05) is 60.4 Å². The Morgan fingerprint density at radius 3 is 2.28 bits per heavy atom. The zero-order valence-corrected chi connectivity index (χ0v) is 9.85. The molecule has 3 aromatic carbocycles. The fraction of sp³-hybridized carbons (Fsp3) is 0.0588. The van der Waals surface area contributed by atoms with E-state index in [4.69, 9.17) is 5.11 Å². The van der Waals surface area contributed by atoms with Crippen molar-refractivity contribution in [3.8, 4) is 11.8 Å². The molecule has 0 amide bonds. The second kappa shape index (κ2) is 4.52. The van der Waals surface area contributed by atoms with Crippen molar-refractivity contribution in [2.75, 3.05) is 6.61 Å². The minimum atomic E-state index is -0.110. The first kappa shape index (κ1) is 10.8. The molecule has 18 heavy (non-hydrogen) atoms. The number of aliphatic hydroxyl groups is 1.